The number of hydrogen-bond acceptors (Lipinski definition) is 6. The summed E-state index contributed by atoms with van der Waals surface area (Å²) in [5.41, 5.74) is -1.03. The molecule has 8 nitrogen and oxygen atoms in total. The topological polar surface area (TPSA) is 102 Å². The van der Waals surface area contributed by atoms with Gasteiger partial charge in [-0.2, -0.15) is 0 Å². The number of ether oxygens (including phenoxy) is 1. The second kappa shape index (κ2) is 9.17. The maximum atomic E-state index is 13.3. The molecule has 0 saturated carbocycles. The Morgan fingerprint density at radius 1 is 1.15 bits per heavy atom. The number of carbonyl (C=O) groups excluding carboxylic acids is 2. The smallest absolute Gasteiger partial charge is 0.348 e. The number of aryl methyl sites for hydroxylation is 1. The van der Waals surface area contributed by atoms with Crippen LogP contribution in [0.3, 0.4) is 0 Å². The van der Waals surface area contributed by atoms with Crippen molar-refractivity contribution >= 4 is 17.7 Å². The molecule has 1 aromatic heterocycles. The summed E-state index contributed by atoms with van der Waals surface area (Å²) in [5.74, 6) is 0.0777. The number of likely N-dealkylation sites (tertiary alicyclic amines) is 1. The van der Waals surface area contributed by atoms with Crippen LogP contribution in [0, 0.1) is 6.92 Å². The minimum absolute atomic E-state index is 0.192. The Labute approximate surface area is 192 Å². The summed E-state index contributed by atoms with van der Waals surface area (Å²) in [4.78, 5) is 25.8. The van der Waals surface area contributed by atoms with Gasteiger partial charge in [0, 0.05) is 12.5 Å². The molecule has 172 valence electrons. The molecule has 8 heteroatoms. The number of quaternary nitrogens is 1. The molecule has 4 rings (SSSR count). The van der Waals surface area contributed by atoms with Crippen molar-refractivity contribution < 1.29 is 28.4 Å². The predicted molar refractivity (Wildman–Crippen MR) is 121 cm³/mol. The van der Waals surface area contributed by atoms with Crippen LogP contribution in [0.1, 0.15) is 23.3 Å². The number of hydrogen-bond donors (Lipinski definition) is 2. The number of aromatic nitrogens is 1. The summed E-state index contributed by atoms with van der Waals surface area (Å²) in [6.45, 7) is 3.10. The van der Waals surface area contributed by atoms with Crippen molar-refractivity contribution in [1.82, 2.24) is 5.16 Å². The number of nitrogens with one attached hydrogen (secondary N) is 1. The van der Waals surface area contributed by atoms with Crippen LogP contribution in [0.15, 0.2) is 71.3 Å². The molecule has 33 heavy (non-hydrogen) atoms. The molecule has 3 aromatic rings. The lowest BCUT2D eigenvalue weighted by Gasteiger charge is -2.30. The Bertz CT molecular complexity index is 1080. The average Bonchev–Trinajstić information content (AvgIpc) is 3.38. The van der Waals surface area contributed by atoms with Crippen LogP contribution in [-0.4, -0.2) is 59.4 Å². The fraction of sp³-hybridized carbons (Fsp3) is 0.320. The van der Waals surface area contributed by atoms with Crippen LogP contribution in [0.4, 0.5) is 5.82 Å². The molecule has 1 fully saturated rings. The van der Waals surface area contributed by atoms with Crippen LogP contribution in [-0.2, 0) is 19.9 Å². The second-order valence-electron chi connectivity index (χ2n) is 8.81. The number of rotatable bonds is 7. The molecule has 1 saturated heterocycles. The van der Waals surface area contributed by atoms with E-state index in [1.165, 1.54) is 0 Å². The third-order valence-corrected chi connectivity index (χ3v) is 6.01. The van der Waals surface area contributed by atoms with Gasteiger partial charge in [-0.05, 0) is 18.1 Å². The Balaban J connectivity index is 1.44. The van der Waals surface area contributed by atoms with E-state index < -0.39 is 17.7 Å². The summed E-state index contributed by atoms with van der Waals surface area (Å²) in [6.07, 6.45) is 0.182. The number of nitrogens with zero attached hydrogens (tertiary/aromatic N) is 2. The first-order valence-corrected chi connectivity index (χ1v) is 10.9. The van der Waals surface area contributed by atoms with Crippen molar-refractivity contribution in [2.75, 3.05) is 32.0 Å². The zero-order valence-corrected chi connectivity index (χ0v) is 18.7. The zero-order valence-electron chi connectivity index (χ0n) is 18.7. The van der Waals surface area contributed by atoms with Crippen LogP contribution in [0.25, 0.3) is 0 Å². The molecule has 1 unspecified atom stereocenters. The van der Waals surface area contributed by atoms with Crippen LogP contribution in [0.5, 0.6) is 0 Å². The lowest BCUT2D eigenvalue weighted by atomic mass is 9.86. The molecule has 1 amide bonds. The van der Waals surface area contributed by atoms with Gasteiger partial charge in [0.05, 0.1) is 13.6 Å². The molecule has 2 heterocycles. The zero-order chi connectivity index (χ0) is 23.5. The first-order valence-electron chi connectivity index (χ1n) is 10.9. The number of anilines is 1. The van der Waals surface area contributed by atoms with Gasteiger partial charge in [0.25, 0.3) is 5.91 Å². The van der Waals surface area contributed by atoms with Gasteiger partial charge in [-0.1, -0.05) is 65.8 Å². The number of amides is 1. The number of esters is 1. The Kier molecular flexibility index (Phi) is 6.31. The monoisotopic (exact) mass is 450 g/mol. The third kappa shape index (κ3) is 4.97. The van der Waals surface area contributed by atoms with Crippen molar-refractivity contribution in [3.63, 3.8) is 0 Å². The average molecular weight is 451 g/mol. The Hall–Kier alpha value is -3.49. The first-order chi connectivity index (χ1) is 15.8. The van der Waals surface area contributed by atoms with Gasteiger partial charge in [0.15, 0.2) is 18.5 Å². The van der Waals surface area contributed by atoms with Crippen molar-refractivity contribution in [3.05, 3.63) is 83.6 Å². The fourth-order valence-corrected chi connectivity index (χ4v) is 4.32. The highest BCUT2D eigenvalue weighted by Crippen LogP contribution is 2.32. The molecule has 2 atom stereocenters. The molecule has 0 spiro atoms. The van der Waals surface area contributed by atoms with Gasteiger partial charge in [0.2, 0.25) is 5.60 Å². The van der Waals surface area contributed by atoms with Gasteiger partial charge in [-0.15, -0.1) is 0 Å². The lowest BCUT2D eigenvalue weighted by molar-refractivity contribution is -0.890. The molecule has 0 aliphatic carbocycles. The number of benzene rings is 2. The van der Waals surface area contributed by atoms with Crippen molar-refractivity contribution in [3.8, 4) is 0 Å². The molecular weight excluding hydrogens is 422 g/mol. The molecular formula is C25H28N3O5+. The fourth-order valence-electron chi connectivity index (χ4n) is 4.32. The summed E-state index contributed by atoms with van der Waals surface area (Å²) in [5, 5.41) is 18.1. The third-order valence-electron chi connectivity index (χ3n) is 6.01. The molecule has 0 radical (unpaired) electrons. The predicted octanol–water partition coefficient (Wildman–Crippen LogP) is 2.62. The minimum Gasteiger partial charge on any atom is -0.453 e. The molecule has 2 aromatic carbocycles. The number of carbonyl (C=O) groups is 2. The van der Waals surface area contributed by atoms with E-state index in [2.05, 4.69) is 10.5 Å². The number of aliphatic hydroxyl groups is 1. The van der Waals surface area contributed by atoms with E-state index in [4.69, 9.17) is 9.26 Å². The van der Waals surface area contributed by atoms with Gasteiger partial charge in [-0.25, -0.2) is 4.79 Å². The molecule has 1 aliphatic heterocycles. The van der Waals surface area contributed by atoms with Crippen LogP contribution < -0.4 is 5.32 Å². The van der Waals surface area contributed by atoms with Gasteiger partial charge < -0.3 is 24.2 Å². The normalized spacial score (nSPS) is 20.4. The molecule has 0 bridgehead atoms. The summed E-state index contributed by atoms with van der Waals surface area (Å²) < 4.78 is 11.2. The lowest BCUT2D eigenvalue weighted by Crippen LogP contribution is -2.48. The van der Waals surface area contributed by atoms with Crippen molar-refractivity contribution in [2.45, 2.75) is 25.0 Å². The first kappa shape index (κ1) is 22.7. The maximum Gasteiger partial charge on any atom is 0.348 e. The van der Waals surface area contributed by atoms with E-state index in [9.17, 15) is 14.7 Å². The number of likely N-dealkylation sites (N-methyl/N-ethyl adjacent to an activating group) is 1. The highest BCUT2D eigenvalue weighted by atomic mass is 16.6. The standard InChI is InChI=1S/C25H27N3O5/c1-18-15-22(27-33-18)26-23(29)17-28(2)14-13-21(16-28)32-24(30)25(31,19-9-5-3-6-10-19)20-11-7-4-8-12-20/h3-12,15,21,31H,13-14,16-17H2,1-2H3/p+1/t21-,28?/m1/s1. The van der Waals surface area contributed by atoms with Crippen LogP contribution in [0.2, 0.25) is 0 Å². The quantitative estimate of drug-likeness (QED) is 0.424. The van der Waals surface area contributed by atoms with E-state index in [-0.39, 0.29) is 12.5 Å². The highest BCUT2D eigenvalue weighted by molar-refractivity contribution is 5.90. The SMILES string of the molecule is Cc1cc(NC(=O)C[N+]2(C)CC[C@@H](OC(=O)C(O)(c3ccccc3)c3ccccc3)C2)no1. The van der Waals surface area contributed by atoms with E-state index in [1.807, 2.05) is 19.2 Å². The van der Waals surface area contributed by atoms with Crippen LogP contribution >= 0.6 is 0 Å². The van der Waals surface area contributed by atoms with Crippen molar-refractivity contribution in [1.29, 1.82) is 0 Å². The molecule has 2 N–H and O–H groups in total. The van der Waals surface area contributed by atoms with E-state index in [0.717, 1.165) is 0 Å². The Morgan fingerprint density at radius 2 is 1.76 bits per heavy atom. The molecule has 1 aliphatic rings. The summed E-state index contributed by atoms with van der Waals surface area (Å²) >= 11 is 0. The van der Waals surface area contributed by atoms with E-state index in [0.29, 0.717) is 46.7 Å². The maximum absolute atomic E-state index is 13.3. The van der Waals surface area contributed by atoms with E-state index in [1.54, 1.807) is 61.5 Å². The summed E-state index contributed by atoms with van der Waals surface area (Å²) in [7, 11) is 1.95. The van der Waals surface area contributed by atoms with Gasteiger partial charge >= 0.3 is 5.97 Å². The Morgan fingerprint density at radius 3 is 2.30 bits per heavy atom. The minimum atomic E-state index is -1.92. The highest BCUT2D eigenvalue weighted by Gasteiger charge is 2.45. The largest absolute Gasteiger partial charge is 0.453 e. The van der Waals surface area contributed by atoms with Gasteiger partial charge in [-0.3, -0.25) is 4.79 Å². The second-order valence-corrected chi connectivity index (χ2v) is 8.81. The van der Waals surface area contributed by atoms with Crippen molar-refractivity contribution in [2.24, 2.45) is 0 Å². The summed E-state index contributed by atoms with van der Waals surface area (Å²) in [6, 6.07) is 19.2. The van der Waals surface area contributed by atoms with E-state index >= 15 is 0 Å². The van der Waals surface area contributed by atoms with Gasteiger partial charge in [0.1, 0.15) is 12.3 Å².